The number of nitrogens with zero attached hydrogens (tertiary/aromatic N) is 2. The molecule has 0 saturated carbocycles. The zero-order valence-electron chi connectivity index (χ0n) is 20.3. The van der Waals surface area contributed by atoms with E-state index in [1.807, 2.05) is 19.9 Å². The van der Waals surface area contributed by atoms with Crippen LogP contribution in [0.3, 0.4) is 0 Å². The molecule has 1 aromatic heterocycles. The van der Waals surface area contributed by atoms with Gasteiger partial charge in [-0.3, -0.25) is 4.68 Å². The van der Waals surface area contributed by atoms with Crippen molar-refractivity contribution in [2.24, 2.45) is 5.73 Å². The first-order chi connectivity index (χ1) is 16.7. The van der Waals surface area contributed by atoms with Crippen molar-refractivity contribution in [3.05, 3.63) is 83.8 Å². The quantitative estimate of drug-likeness (QED) is 0.216. The maximum absolute atomic E-state index is 13.2. The first-order valence-electron chi connectivity index (χ1n) is 11.1. The van der Waals surface area contributed by atoms with Crippen LogP contribution in [0.15, 0.2) is 72.7 Å². The lowest BCUT2D eigenvalue weighted by molar-refractivity contribution is -0.137. The van der Waals surface area contributed by atoms with Gasteiger partial charge in [-0.15, -0.1) is 12.8 Å². The molecular weight excluding hydrogens is 458 g/mol. The molecule has 0 aliphatic rings. The van der Waals surface area contributed by atoms with E-state index in [1.54, 1.807) is 42.9 Å². The Morgan fingerprint density at radius 2 is 1.77 bits per heavy atom. The lowest BCUT2D eigenvalue weighted by Gasteiger charge is -2.23. The molecule has 0 bridgehead atoms. The number of terminal acetylenes is 1. The van der Waals surface area contributed by atoms with Gasteiger partial charge >= 0.3 is 6.18 Å². The lowest BCUT2D eigenvalue weighted by Crippen LogP contribution is -2.29. The van der Waals surface area contributed by atoms with E-state index in [-0.39, 0.29) is 5.83 Å². The number of allylic oxidation sites excluding steroid dienone is 4. The molecule has 1 unspecified atom stereocenters. The largest absolute Gasteiger partial charge is 0.484 e. The van der Waals surface area contributed by atoms with Gasteiger partial charge in [-0.1, -0.05) is 38.1 Å². The zero-order chi connectivity index (χ0) is 26.6. The SMILES string of the molecule is C#C.C/C=C(F)\C=C/Cn1ncc2cc(O[C@H](c3ccc(C(F)(F)F)cc3)C(C)N)ccc21.CC. The molecular formula is C27H31F4N3O. The molecule has 3 rings (SSSR count). The monoisotopic (exact) mass is 489 g/mol. The molecule has 0 radical (unpaired) electrons. The summed E-state index contributed by atoms with van der Waals surface area (Å²) in [6.07, 6.45) is 9.06. The molecule has 4 nitrogen and oxygen atoms in total. The van der Waals surface area contributed by atoms with Gasteiger partial charge in [-0.2, -0.15) is 18.3 Å². The molecule has 0 fully saturated rings. The van der Waals surface area contributed by atoms with Crippen molar-refractivity contribution in [2.45, 2.75) is 52.6 Å². The van der Waals surface area contributed by atoms with Crippen molar-refractivity contribution < 1.29 is 22.3 Å². The molecule has 2 aromatic carbocycles. The third kappa shape index (κ3) is 8.30. The Balaban J connectivity index is 0.00000145. The minimum atomic E-state index is -4.40. The van der Waals surface area contributed by atoms with Crippen molar-refractivity contribution in [2.75, 3.05) is 0 Å². The van der Waals surface area contributed by atoms with Crippen LogP contribution in [0.25, 0.3) is 10.9 Å². The summed E-state index contributed by atoms with van der Waals surface area (Å²) in [6, 6.07) is 9.69. The normalized spacial score (nSPS) is 13.4. The summed E-state index contributed by atoms with van der Waals surface area (Å²) < 4.78 is 59.4. The van der Waals surface area contributed by atoms with Gasteiger partial charge in [0.05, 0.1) is 23.8 Å². The first kappa shape index (κ1) is 29.5. The number of fused-ring (bicyclic) bond motifs is 1. The van der Waals surface area contributed by atoms with Crippen molar-refractivity contribution >= 4 is 10.9 Å². The lowest BCUT2D eigenvalue weighted by atomic mass is 10.0. The Morgan fingerprint density at radius 3 is 2.31 bits per heavy atom. The number of ether oxygens (including phenoxy) is 1. The number of hydrogen-bond donors (Lipinski definition) is 1. The van der Waals surface area contributed by atoms with E-state index in [0.717, 1.165) is 23.0 Å². The fourth-order valence-electron chi connectivity index (χ4n) is 3.13. The number of alkyl halides is 3. The number of rotatable bonds is 7. The second kappa shape index (κ2) is 14.0. The Morgan fingerprint density at radius 1 is 1.14 bits per heavy atom. The molecule has 2 N–H and O–H groups in total. The van der Waals surface area contributed by atoms with Crippen LogP contribution in [0, 0.1) is 12.8 Å². The van der Waals surface area contributed by atoms with Crippen LogP contribution in [0.1, 0.15) is 44.9 Å². The van der Waals surface area contributed by atoms with Gasteiger partial charge in [-0.05, 0) is 55.8 Å². The number of benzene rings is 2. The Bertz CT molecular complexity index is 1130. The number of halogens is 4. The highest BCUT2D eigenvalue weighted by atomic mass is 19.4. The zero-order valence-corrected chi connectivity index (χ0v) is 20.3. The Kier molecular flexibility index (Phi) is 11.8. The predicted octanol–water partition coefficient (Wildman–Crippen LogP) is 7.23. The van der Waals surface area contributed by atoms with Gasteiger partial charge in [0.1, 0.15) is 17.7 Å². The molecule has 0 aliphatic carbocycles. The highest BCUT2D eigenvalue weighted by molar-refractivity contribution is 5.80. The number of nitrogens with two attached hydrogens (primary N) is 1. The van der Waals surface area contributed by atoms with Crippen LogP contribution >= 0.6 is 0 Å². The van der Waals surface area contributed by atoms with Crippen molar-refractivity contribution in [3.63, 3.8) is 0 Å². The van der Waals surface area contributed by atoms with Gasteiger partial charge in [0, 0.05) is 11.4 Å². The van der Waals surface area contributed by atoms with Crippen molar-refractivity contribution in [1.82, 2.24) is 9.78 Å². The molecule has 0 aliphatic heterocycles. The highest BCUT2D eigenvalue weighted by Gasteiger charge is 2.30. The Labute approximate surface area is 204 Å². The molecule has 0 saturated heterocycles. The van der Waals surface area contributed by atoms with E-state index >= 15 is 0 Å². The minimum Gasteiger partial charge on any atom is -0.484 e. The van der Waals surface area contributed by atoms with Crippen LogP contribution in [-0.4, -0.2) is 15.8 Å². The molecule has 0 spiro atoms. The maximum atomic E-state index is 13.2. The van der Waals surface area contributed by atoms with E-state index in [2.05, 4.69) is 17.9 Å². The molecule has 35 heavy (non-hydrogen) atoms. The Hall–Kier alpha value is -3.57. The third-order valence-corrected chi connectivity index (χ3v) is 4.75. The molecule has 0 amide bonds. The topological polar surface area (TPSA) is 53.1 Å². The minimum absolute atomic E-state index is 0.322. The summed E-state index contributed by atoms with van der Waals surface area (Å²) in [6.45, 7) is 7.75. The third-order valence-electron chi connectivity index (χ3n) is 4.75. The average molecular weight is 490 g/mol. The molecule has 2 atom stereocenters. The van der Waals surface area contributed by atoms with E-state index in [1.165, 1.54) is 24.3 Å². The van der Waals surface area contributed by atoms with Crippen LogP contribution in [0.2, 0.25) is 0 Å². The summed E-state index contributed by atoms with van der Waals surface area (Å²) in [4.78, 5) is 0. The van der Waals surface area contributed by atoms with Crippen LogP contribution < -0.4 is 10.5 Å². The van der Waals surface area contributed by atoms with Crippen LogP contribution in [0.5, 0.6) is 5.75 Å². The summed E-state index contributed by atoms with van der Waals surface area (Å²) in [7, 11) is 0. The molecule has 188 valence electrons. The summed E-state index contributed by atoms with van der Waals surface area (Å²) in [5.74, 6) is 0.196. The van der Waals surface area contributed by atoms with Crippen molar-refractivity contribution in [1.29, 1.82) is 0 Å². The van der Waals surface area contributed by atoms with Gasteiger partial charge in [0.25, 0.3) is 0 Å². The van der Waals surface area contributed by atoms with E-state index in [0.29, 0.717) is 17.9 Å². The van der Waals surface area contributed by atoms with Gasteiger partial charge in [0.15, 0.2) is 0 Å². The number of hydrogen-bond acceptors (Lipinski definition) is 3. The summed E-state index contributed by atoms with van der Waals surface area (Å²) >= 11 is 0. The second-order valence-corrected chi connectivity index (χ2v) is 7.14. The summed E-state index contributed by atoms with van der Waals surface area (Å²) in [5.41, 5.74) is 6.70. The van der Waals surface area contributed by atoms with Gasteiger partial charge < -0.3 is 10.5 Å². The summed E-state index contributed by atoms with van der Waals surface area (Å²) in [5, 5.41) is 5.11. The highest BCUT2D eigenvalue weighted by Crippen LogP contribution is 2.32. The first-order valence-corrected chi connectivity index (χ1v) is 11.1. The van der Waals surface area contributed by atoms with Crippen molar-refractivity contribution in [3.8, 4) is 18.6 Å². The molecule has 8 heteroatoms. The average Bonchev–Trinajstić information content (AvgIpc) is 3.26. The fraction of sp³-hybridized carbons (Fsp3) is 0.296. The fourth-order valence-corrected chi connectivity index (χ4v) is 3.13. The molecule has 3 aromatic rings. The van der Waals surface area contributed by atoms with E-state index in [4.69, 9.17) is 10.5 Å². The van der Waals surface area contributed by atoms with Crippen LogP contribution in [-0.2, 0) is 12.7 Å². The smallest absolute Gasteiger partial charge is 0.416 e. The number of aromatic nitrogens is 2. The second-order valence-electron chi connectivity index (χ2n) is 7.14. The molecule has 1 heterocycles. The standard InChI is InChI=1S/C23H23F4N3O.C2H6.C2H2/c1-3-19(24)5-4-12-30-21-11-10-20(13-17(21)14-29-30)31-22(15(2)28)16-6-8-18(9-7-16)23(25,26)27;2*1-2/h3-11,13-15,22H,12,28H2,1-2H3;1-2H3;1-2H/b5-4-,19-3+;;/t15?,22-;;/m0../s1. The van der Waals surface area contributed by atoms with E-state index < -0.39 is 23.9 Å². The van der Waals surface area contributed by atoms with Gasteiger partial charge in [-0.25, -0.2) is 4.39 Å². The predicted molar refractivity (Wildman–Crippen MR) is 133 cm³/mol. The maximum Gasteiger partial charge on any atom is 0.416 e. The van der Waals surface area contributed by atoms with E-state index in [9.17, 15) is 17.6 Å². The van der Waals surface area contributed by atoms with Crippen LogP contribution in [0.4, 0.5) is 17.6 Å². The van der Waals surface area contributed by atoms with Gasteiger partial charge in [0.2, 0.25) is 0 Å².